The number of hydrogen-bond acceptors (Lipinski definition) is 18. The number of unbranched alkanes of at least 4 members (excludes halogenated alkanes) is 1. The molecule has 2 aliphatic heterocycles. The van der Waals surface area contributed by atoms with Crippen LogP contribution in [0.15, 0.2) is 91.1 Å². The zero-order chi connectivity index (χ0) is 73.0. The molecule has 0 saturated heterocycles. The van der Waals surface area contributed by atoms with Crippen molar-refractivity contribution in [3.63, 3.8) is 0 Å². The first-order valence-corrected chi connectivity index (χ1v) is 37.2. The van der Waals surface area contributed by atoms with Crippen molar-refractivity contribution in [3.8, 4) is 11.1 Å². The number of carboxylic acid groups (broad SMARTS) is 2. The number of aromatic carboxylic acids is 1. The van der Waals surface area contributed by atoms with Crippen molar-refractivity contribution in [2.75, 3.05) is 54.1 Å². The molecule has 4 atom stereocenters. The molecule has 26 nitrogen and oxygen atoms in total. The van der Waals surface area contributed by atoms with Gasteiger partial charge in [-0.25, -0.2) is 19.6 Å². The minimum Gasteiger partial charge on any atom is -0.481 e. The van der Waals surface area contributed by atoms with Gasteiger partial charge in [0.15, 0.2) is 16.6 Å². The third-order valence-electron chi connectivity index (χ3n) is 21.6. The highest BCUT2D eigenvalue weighted by Gasteiger charge is 2.60. The lowest BCUT2D eigenvalue weighted by molar-refractivity contribution is -0.196. The molecule has 5 heterocycles. The second kappa shape index (κ2) is 30.8. The molecular weight excluding hydrogens is 1350 g/mol. The van der Waals surface area contributed by atoms with Crippen LogP contribution in [0.5, 0.6) is 0 Å². The highest BCUT2D eigenvalue weighted by Crippen LogP contribution is 2.66. The number of amides is 6. The summed E-state index contributed by atoms with van der Waals surface area (Å²) < 4.78 is 50.3. The quantitative estimate of drug-likeness (QED) is 0.0139. The van der Waals surface area contributed by atoms with Crippen LogP contribution in [0.2, 0.25) is 0 Å². The predicted octanol–water partition coefficient (Wildman–Crippen LogP) is 10.1. The maximum absolute atomic E-state index is 14.2. The number of nitrogens with zero attached hydrogens (tertiary/aromatic N) is 7. The number of para-hydroxylation sites is 1. The van der Waals surface area contributed by atoms with Crippen molar-refractivity contribution in [2.24, 2.45) is 34.5 Å². The number of pyridine rings is 1. The first-order valence-electron chi connectivity index (χ1n) is 34.8. The Morgan fingerprint density at radius 2 is 1.58 bits per heavy atom. The third kappa shape index (κ3) is 16.8. The summed E-state index contributed by atoms with van der Waals surface area (Å²) in [6.07, 6.45) is 10.00. The molecule has 102 heavy (non-hydrogen) atoms. The van der Waals surface area contributed by atoms with E-state index >= 15 is 0 Å². The number of Topliss-reactive ketones (excluding diaryl/α,β-unsaturated/α-hetero) is 1. The van der Waals surface area contributed by atoms with Crippen LogP contribution >= 0.6 is 11.3 Å². The van der Waals surface area contributed by atoms with Crippen LogP contribution in [0.3, 0.4) is 0 Å². The number of anilines is 3. The molecular formula is C74H88N10O16S2. The van der Waals surface area contributed by atoms with Crippen molar-refractivity contribution in [1.29, 1.82) is 0 Å². The smallest absolute Gasteiger partial charge is 0.410 e. The van der Waals surface area contributed by atoms with Gasteiger partial charge in [-0.3, -0.25) is 53.0 Å². The highest BCUT2D eigenvalue weighted by molar-refractivity contribution is 7.85. The van der Waals surface area contributed by atoms with Crippen molar-refractivity contribution in [3.05, 3.63) is 130 Å². The third-order valence-corrected chi connectivity index (χ3v) is 23.2. The molecule has 6 amide bonds. The Hall–Kier alpha value is -9.25. The number of aromatic nitrogens is 4. The van der Waals surface area contributed by atoms with E-state index < -0.39 is 99.9 Å². The number of aryl methyl sites for hydroxylation is 1. The number of carboxylic acids is 2. The second-order valence-corrected chi connectivity index (χ2v) is 31.3. The fourth-order valence-corrected chi connectivity index (χ4v) is 17.5. The van der Waals surface area contributed by atoms with E-state index in [0.29, 0.717) is 108 Å². The van der Waals surface area contributed by atoms with Crippen molar-refractivity contribution in [2.45, 2.75) is 156 Å². The Bertz CT molecular complexity index is 4340. The number of fused-ring (bicyclic) bond motifs is 2. The number of aliphatic carboxylic acids is 1. The van der Waals surface area contributed by atoms with Gasteiger partial charge in [0.25, 0.3) is 27.8 Å². The van der Waals surface area contributed by atoms with E-state index in [0.717, 1.165) is 82.6 Å². The number of carbonyl (C=O) groups is 9. The standard InChI is InChI=1S/C74H88N10O16S2/c1-44(2)65(79-61(86)40-83-62(87)22-23-63(83)88)58(85)34-45(3)67(91)76-52-19-18-51(50(35-52)12-7-10-17-64(89)90)41-99-71(95)81(31-33-102(96,97)98)30-32-100-73-25-27-74(28-26-73)46(4)36-72(42-73,37-47(74)5)43-84-48(6)55(38-75-84)53-20-21-60(78-66(53)69(93)94)82-29-24-49-13-11-14-54(56(49)39-82)68(92)80-70-77-57-15-8-9-16-59(57)101-70/h8-9,11,13-16,18-23,35,38,44-47,65H,7,10,12,17,24-34,36-37,39-43H2,1-6H3,(H,76,91)(H,79,86)(H,89,90)(H,93,94)(H,77,80,92)(H,96,97,98)/t45-,46?,47?,65+,72?,73?,74?/m1/s1. The van der Waals surface area contributed by atoms with E-state index in [-0.39, 0.29) is 55.0 Å². The van der Waals surface area contributed by atoms with Crippen molar-refractivity contribution < 1.29 is 75.8 Å². The molecule has 8 aliphatic rings. The summed E-state index contributed by atoms with van der Waals surface area (Å²) in [4.78, 5) is 130. The maximum atomic E-state index is 14.2. The molecule has 6 aliphatic carbocycles. The van der Waals surface area contributed by atoms with Crippen LogP contribution in [0, 0.1) is 41.4 Å². The molecule has 1 spiro atoms. The van der Waals surface area contributed by atoms with E-state index in [9.17, 15) is 66.3 Å². The summed E-state index contributed by atoms with van der Waals surface area (Å²) in [7, 11) is -4.55. The van der Waals surface area contributed by atoms with Crippen LogP contribution in [-0.4, -0.2) is 156 Å². The van der Waals surface area contributed by atoms with Gasteiger partial charge in [0, 0.05) is 91.7 Å². The van der Waals surface area contributed by atoms with E-state index in [1.54, 1.807) is 57.3 Å². The van der Waals surface area contributed by atoms with Gasteiger partial charge in [0.05, 0.1) is 40.4 Å². The molecule has 28 heteroatoms. The lowest BCUT2D eigenvalue weighted by Gasteiger charge is -2.64. The van der Waals surface area contributed by atoms with Crippen molar-refractivity contribution in [1.82, 2.24) is 34.9 Å². The Labute approximate surface area is 595 Å². The van der Waals surface area contributed by atoms with Gasteiger partial charge in [0.2, 0.25) is 11.8 Å². The number of imide groups is 1. The van der Waals surface area contributed by atoms with Crippen LogP contribution in [0.1, 0.15) is 154 Å². The lowest BCUT2D eigenvalue weighted by atomic mass is 9.43. The molecule has 14 rings (SSSR count). The number of nitrogens with one attached hydrogen (secondary N) is 3. The summed E-state index contributed by atoms with van der Waals surface area (Å²) in [6.45, 7) is 11.6. The molecule has 2 unspecified atom stereocenters. The molecule has 6 aromatic rings. The van der Waals surface area contributed by atoms with E-state index in [4.69, 9.17) is 19.6 Å². The van der Waals surface area contributed by atoms with Gasteiger partial charge in [-0.15, -0.1) is 0 Å². The maximum Gasteiger partial charge on any atom is 0.410 e. The number of thiazole rings is 1. The first-order chi connectivity index (χ1) is 48.5. The predicted molar refractivity (Wildman–Crippen MR) is 380 cm³/mol. The summed E-state index contributed by atoms with van der Waals surface area (Å²) in [5.74, 6) is -6.32. The molecule has 3 aromatic heterocycles. The Balaban J connectivity index is 0.749. The summed E-state index contributed by atoms with van der Waals surface area (Å²) in [5.41, 5.74) is 5.41. The summed E-state index contributed by atoms with van der Waals surface area (Å²) in [6, 6.07) is 20.8. The number of benzene rings is 3. The van der Waals surface area contributed by atoms with Gasteiger partial charge in [-0.2, -0.15) is 13.5 Å². The number of carbonyl (C=O) groups excluding carboxylic acids is 7. The second-order valence-electron chi connectivity index (χ2n) is 28.7. The normalized spacial score (nSPS) is 21.3. The zero-order valence-corrected chi connectivity index (χ0v) is 59.8. The Morgan fingerprint density at radius 1 is 0.843 bits per heavy atom. The van der Waals surface area contributed by atoms with E-state index in [1.165, 1.54) is 16.2 Å². The summed E-state index contributed by atoms with van der Waals surface area (Å²) >= 11 is 1.40. The average molecular weight is 1440 g/mol. The van der Waals surface area contributed by atoms with Gasteiger partial charge < -0.3 is 40.1 Å². The van der Waals surface area contributed by atoms with Crippen LogP contribution in [0.25, 0.3) is 21.3 Å². The average Bonchev–Trinajstić information content (AvgIpc) is 0.738. The minimum absolute atomic E-state index is 0.00708. The van der Waals surface area contributed by atoms with Gasteiger partial charge in [-0.05, 0) is 171 Å². The molecule has 6 saturated carbocycles. The number of hydrogen-bond donors (Lipinski definition) is 6. The Morgan fingerprint density at radius 3 is 2.27 bits per heavy atom. The number of ketones is 1. The molecule has 3 aromatic carbocycles. The fourth-order valence-electron chi connectivity index (χ4n) is 16.2. The Kier molecular flexibility index (Phi) is 22.3. The SMILES string of the molecule is Cc1c(-c2ccc(N3CCc4cccc(C(=O)Nc5nc6ccccc6s5)c4C3)nc2C(=O)O)cnn1CC12CC(C)C3(CCC(OCCN(CCS(=O)(=O)O)C(=O)OCc4ccc(NC(=O)[C@H](C)CC(=O)[C@@H](NC(=O)CN5C(=O)C=CC5=O)C(C)C)cc4CCCCC(=O)O)(CC3)C1)C(C)C2. The van der Waals surface area contributed by atoms with Gasteiger partial charge in [-0.1, -0.05) is 76.3 Å². The molecule has 6 fully saturated rings. The molecule has 0 radical (unpaired) electrons. The zero-order valence-electron chi connectivity index (χ0n) is 58.2. The van der Waals surface area contributed by atoms with Crippen LogP contribution in [0.4, 0.5) is 21.4 Å². The van der Waals surface area contributed by atoms with Crippen LogP contribution < -0.4 is 20.9 Å². The minimum atomic E-state index is -4.55. The van der Waals surface area contributed by atoms with E-state index in [1.807, 2.05) is 59.0 Å². The number of ether oxygens (including phenoxy) is 2. The number of rotatable bonds is 30. The van der Waals surface area contributed by atoms with Crippen molar-refractivity contribution >= 4 is 102 Å². The molecule has 542 valence electrons. The lowest BCUT2D eigenvalue weighted by Crippen LogP contribution is -2.59. The van der Waals surface area contributed by atoms with E-state index in [2.05, 4.69) is 34.8 Å². The summed E-state index contributed by atoms with van der Waals surface area (Å²) in [5, 5.41) is 34.1. The monoisotopic (exact) mass is 1440 g/mol. The van der Waals surface area contributed by atoms with Gasteiger partial charge >= 0.3 is 18.0 Å². The largest absolute Gasteiger partial charge is 0.481 e. The molecule has 3 bridgehead atoms. The first kappa shape index (κ1) is 74.0. The highest BCUT2D eigenvalue weighted by atomic mass is 32.2. The fraction of sp³-hybridized carbons (Fsp3) is 0.486. The topological polar surface area (TPSA) is 356 Å². The molecule has 6 N–H and O–H groups in total. The van der Waals surface area contributed by atoms with Gasteiger partial charge in [0.1, 0.15) is 19.0 Å². The van der Waals surface area contributed by atoms with Crippen LogP contribution in [-0.2, 0) is 80.9 Å².